The molecule has 2 N–H and O–H groups in total. The van der Waals surface area contributed by atoms with Crippen LogP contribution in [0.2, 0.25) is 0 Å². The Hall–Kier alpha value is -2.44. The number of carboxylic acid groups (broad SMARTS) is 1. The minimum absolute atomic E-state index is 0.0465. The average molecular weight is 283 g/mol. The largest absolute Gasteiger partial charge is 0.493 e. The van der Waals surface area contributed by atoms with Crippen LogP contribution in [0.1, 0.15) is 16.8 Å². The van der Waals surface area contributed by atoms with Gasteiger partial charge in [-0.05, 0) is 12.1 Å². The molecule has 0 aliphatic carbocycles. The summed E-state index contributed by atoms with van der Waals surface area (Å²) in [6.07, 6.45) is -0.143. The first kappa shape index (κ1) is 15.6. The predicted molar refractivity (Wildman–Crippen MR) is 70.7 cm³/mol. The van der Waals surface area contributed by atoms with Gasteiger partial charge < -0.3 is 24.6 Å². The molecular formula is C13H17NO6. The van der Waals surface area contributed by atoms with Gasteiger partial charge in [0.2, 0.25) is 5.75 Å². The van der Waals surface area contributed by atoms with E-state index in [1.165, 1.54) is 33.5 Å². The monoisotopic (exact) mass is 283 g/mol. The van der Waals surface area contributed by atoms with Crippen molar-refractivity contribution < 1.29 is 28.9 Å². The number of benzene rings is 1. The molecule has 20 heavy (non-hydrogen) atoms. The van der Waals surface area contributed by atoms with E-state index in [9.17, 15) is 9.59 Å². The number of hydrogen-bond acceptors (Lipinski definition) is 5. The molecule has 1 amide bonds. The van der Waals surface area contributed by atoms with Crippen LogP contribution in [0.3, 0.4) is 0 Å². The highest BCUT2D eigenvalue weighted by molar-refractivity contribution is 5.95. The Labute approximate surface area is 116 Å². The minimum atomic E-state index is -0.977. The van der Waals surface area contributed by atoms with Crippen molar-refractivity contribution in [2.45, 2.75) is 6.42 Å². The first-order valence-electron chi connectivity index (χ1n) is 5.83. The first-order valence-corrected chi connectivity index (χ1v) is 5.83. The highest BCUT2D eigenvalue weighted by Gasteiger charge is 2.16. The Morgan fingerprint density at radius 1 is 1.10 bits per heavy atom. The van der Waals surface area contributed by atoms with E-state index in [0.29, 0.717) is 22.8 Å². The van der Waals surface area contributed by atoms with E-state index >= 15 is 0 Å². The zero-order valence-electron chi connectivity index (χ0n) is 11.6. The van der Waals surface area contributed by atoms with E-state index in [1.807, 2.05) is 0 Å². The summed E-state index contributed by atoms with van der Waals surface area (Å²) < 4.78 is 15.4. The van der Waals surface area contributed by atoms with Gasteiger partial charge in [-0.2, -0.15) is 0 Å². The van der Waals surface area contributed by atoms with E-state index < -0.39 is 11.9 Å². The second kappa shape index (κ2) is 7.22. The standard InChI is InChI=1S/C13H17NO6/c1-18-9-6-8(7-10(19-2)12(9)20-3)13(17)14-5-4-11(15)16/h6-7H,4-5H2,1-3H3,(H,14,17)(H,15,16). The van der Waals surface area contributed by atoms with Crippen molar-refractivity contribution in [2.75, 3.05) is 27.9 Å². The van der Waals surface area contributed by atoms with Crippen molar-refractivity contribution in [1.29, 1.82) is 0 Å². The number of amides is 1. The maximum absolute atomic E-state index is 11.9. The molecule has 0 heterocycles. The van der Waals surface area contributed by atoms with Crippen molar-refractivity contribution >= 4 is 11.9 Å². The van der Waals surface area contributed by atoms with Crippen molar-refractivity contribution in [1.82, 2.24) is 5.32 Å². The molecule has 0 bridgehead atoms. The van der Waals surface area contributed by atoms with E-state index in [-0.39, 0.29) is 13.0 Å². The van der Waals surface area contributed by atoms with Crippen molar-refractivity contribution in [3.63, 3.8) is 0 Å². The summed E-state index contributed by atoms with van der Waals surface area (Å²) in [6.45, 7) is 0.0465. The van der Waals surface area contributed by atoms with Gasteiger partial charge in [0.1, 0.15) is 0 Å². The van der Waals surface area contributed by atoms with Gasteiger partial charge in [0, 0.05) is 12.1 Å². The zero-order valence-corrected chi connectivity index (χ0v) is 11.6. The Kier molecular flexibility index (Phi) is 5.64. The van der Waals surface area contributed by atoms with Crippen LogP contribution in [-0.4, -0.2) is 44.9 Å². The summed E-state index contributed by atoms with van der Waals surface area (Å²) >= 11 is 0. The lowest BCUT2D eigenvalue weighted by molar-refractivity contribution is -0.136. The molecule has 0 saturated carbocycles. The van der Waals surface area contributed by atoms with E-state index in [1.54, 1.807) is 0 Å². The highest BCUT2D eigenvalue weighted by Crippen LogP contribution is 2.38. The maximum Gasteiger partial charge on any atom is 0.305 e. The quantitative estimate of drug-likeness (QED) is 0.772. The number of methoxy groups -OCH3 is 3. The third-order valence-corrected chi connectivity index (χ3v) is 2.55. The lowest BCUT2D eigenvalue weighted by Crippen LogP contribution is -2.26. The van der Waals surface area contributed by atoms with Gasteiger partial charge in [0.15, 0.2) is 11.5 Å². The van der Waals surface area contributed by atoms with Crippen molar-refractivity contribution in [3.8, 4) is 17.2 Å². The molecule has 0 fully saturated rings. The molecule has 0 spiro atoms. The molecule has 0 aliphatic rings. The maximum atomic E-state index is 11.9. The minimum Gasteiger partial charge on any atom is -0.493 e. The molecule has 1 aromatic carbocycles. The number of rotatable bonds is 7. The van der Waals surface area contributed by atoms with Crippen LogP contribution in [0, 0.1) is 0 Å². The molecule has 0 aromatic heterocycles. The number of carboxylic acids is 1. The Morgan fingerprint density at radius 2 is 1.65 bits per heavy atom. The third-order valence-electron chi connectivity index (χ3n) is 2.55. The number of carbonyl (C=O) groups excluding carboxylic acids is 1. The third kappa shape index (κ3) is 3.78. The summed E-state index contributed by atoms with van der Waals surface area (Å²) in [5.74, 6) is -0.289. The van der Waals surface area contributed by atoms with Crippen molar-refractivity contribution in [2.24, 2.45) is 0 Å². The number of ether oxygens (including phenoxy) is 3. The number of carbonyl (C=O) groups is 2. The number of aliphatic carboxylic acids is 1. The first-order chi connectivity index (χ1) is 9.53. The van der Waals surface area contributed by atoms with E-state index in [4.69, 9.17) is 19.3 Å². The molecule has 0 unspecified atom stereocenters. The van der Waals surface area contributed by atoms with Crippen LogP contribution in [0.15, 0.2) is 12.1 Å². The molecule has 1 aromatic rings. The van der Waals surface area contributed by atoms with Gasteiger partial charge in [0.25, 0.3) is 5.91 Å². The molecule has 0 atom stereocenters. The summed E-state index contributed by atoms with van der Waals surface area (Å²) in [5, 5.41) is 11.0. The number of hydrogen-bond donors (Lipinski definition) is 2. The molecular weight excluding hydrogens is 266 g/mol. The average Bonchev–Trinajstić information content (AvgIpc) is 2.44. The Bertz CT molecular complexity index is 475. The number of nitrogens with one attached hydrogen (secondary N) is 1. The second-order valence-corrected chi connectivity index (χ2v) is 3.81. The molecule has 110 valence electrons. The van der Waals surface area contributed by atoms with Gasteiger partial charge in [-0.15, -0.1) is 0 Å². The molecule has 7 heteroatoms. The van der Waals surface area contributed by atoms with Gasteiger partial charge in [0.05, 0.1) is 27.8 Å². The predicted octanol–water partition coefficient (Wildman–Crippen LogP) is 0.917. The fourth-order valence-corrected chi connectivity index (χ4v) is 1.60. The van der Waals surface area contributed by atoms with Gasteiger partial charge >= 0.3 is 5.97 Å². The Balaban J connectivity index is 2.94. The second-order valence-electron chi connectivity index (χ2n) is 3.81. The SMILES string of the molecule is COc1cc(C(=O)NCCC(=O)O)cc(OC)c1OC. The van der Waals surface area contributed by atoms with Gasteiger partial charge in [-0.1, -0.05) is 0 Å². The summed E-state index contributed by atoms with van der Waals surface area (Å²) in [4.78, 5) is 22.3. The zero-order chi connectivity index (χ0) is 15.1. The summed E-state index contributed by atoms with van der Waals surface area (Å²) in [6, 6.07) is 2.99. The normalized spacial score (nSPS) is 9.75. The van der Waals surface area contributed by atoms with Crippen LogP contribution >= 0.6 is 0 Å². The Morgan fingerprint density at radius 3 is 2.05 bits per heavy atom. The molecule has 0 aliphatic heterocycles. The van der Waals surface area contributed by atoms with Crippen LogP contribution in [0.5, 0.6) is 17.2 Å². The smallest absolute Gasteiger partial charge is 0.305 e. The fourth-order valence-electron chi connectivity index (χ4n) is 1.60. The molecule has 1 rings (SSSR count). The van der Waals surface area contributed by atoms with E-state index in [0.717, 1.165) is 0 Å². The lowest BCUT2D eigenvalue weighted by Gasteiger charge is -2.13. The summed E-state index contributed by atoms with van der Waals surface area (Å²) in [7, 11) is 4.36. The molecule has 0 radical (unpaired) electrons. The highest BCUT2D eigenvalue weighted by atomic mass is 16.5. The van der Waals surface area contributed by atoms with Crippen LogP contribution in [0.4, 0.5) is 0 Å². The van der Waals surface area contributed by atoms with E-state index in [2.05, 4.69) is 5.32 Å². The van der Waals surface area contributed by atoms with Crippen molar-refractivity contribution in [3.05, 3.63) is 17.7 Å². The van der Waals surface area contributed by atoms with Crippen LogP contribution < -0.4 is 19.5 Å². The van der Waals surface area contributed by atoms with Gasteiger partial charge in [-0.25, -0.2) is 0 Å². The molecule has 0 saturated heterocycles. The summed E-state index contributed by atoms with van der Waals surface area (Å²) in [5.41, 5.74) is 0.296. The fraction of sp³-hybridized carbons (Fsp3) is 0.385. The molecule has 7 nitrogen and oxygen atoms in total. The topological polar surface area (TPSA) is 94.1 Å². The van der Waals surface area contributed by atoms with Crippen LogP contribution in [0.25, 0.3) is 0 Å². The van der Waals surface area contributed by atoms with Crippen LogP contribution in [-0.2, 0) is 4.79 Å². The van der Waals surface area contributed by atoms with Gasteiger partial charge in [-0.3, -0.25) is 9.59 Å². The lowest BCUT2D eigenvalue weighted by atomic mass is 10.1.